The fraction of sp³-hybridized carbons (Fsp3) is 0.533. The molecule has 1 saturated heterocycles. The van der Waals surface area contributed by atoms with Gasteiger partial charge >= 0.3 is 0 Å². The van der Waals surface area contributed by atoms with E-state index in [1.807, 2.05) is 18.1 Å². The van der Waals surface area contributed by atoms with E-state index in [1.165, 1.54) is 10.9 Å². The second kappa shape index (κ2) is 6.60. The second-order valence-corrected chi connectivity index (χ2v) is 6.22. The molecule has 3 N–H and O–H groups in total. The molecule has 0 radical (unpaired) electrons. The number of likely N-dealkylation sites (tertiary alicyclic amines) is 1. The summed E-state index contributed by atoms with van der Waals surface area (Å²) in [5, 5.41) is 10.9. The Morgan fingerprint density at radius 2 is 2.21 bits per heavy atom. The monoisotopic (exact) mass is 335 g/mol. The topological polar surface area (TPSA) is 94.0 Å². The zero-order valence-corrected chi connectivity index (χ0v) is 13.8. The van der Waals surface area contributed by atoms with Crippen molar-refractivity contribution >= 4 is 11.7 Å². The number of alkyl halides is 1. The molecule has 0 bridgehead atoms. The molecule has 2 aromatic heterocycles. The van der Waals surface area contributed by atoms with E-state index in [2.05, 4.69) is 15.5 Å². The summed E-state index contributed by atoms with van der Waals surface area (Å²) < 4.78 is 17.0. The van der Waals surface area contributed by atoms with Gasteiger partial charge in [0.15, 0.2) is 0 Å². The smallest absolute Gasteiger partial charge is 0.256 e. The third-order valence-electron chi connectivity index (χ3n) is 4.35. The zero-order chi connectivity index (χ0) is 17.3. The summed E-state index contributed by atoms with van der Waals surface area (Å²) in [6.45, 7) is 1.35. The van der Waals surface area contributed by atoms with E-state index in [0.29, 0.717) is 37.4 Å². The number of nitrogen functional groups attached to an aromatic ring is 1. The van der Waals surface area contributed by atoms with Crippen molar-refractivity contribution in [3.63, 3.8) is 0 Å². The van der Waals surface area contributed by atoms with Crippen LogP contribution in [-0.2, 0) is 20.6 Å². The first-order valence-corrected chi connectivity index (χ1v) is 7.85. The van der Waals surface area contributed by atoms with Gasteiger partial charge in [-0.15, -0.1) is 0 Å². The number of hydrogen-bond acceptors (Lipinski definition) is 5. The standard InChI is InChI=1S/C15H22FN7O/c1-21-7-10(4-19-21)8-23-9-11(16)3-12(23)5-18-15(24)13-6-20-22(2)14(13)17/h4,6-7,11-12H,3,5,8-9,17H2,1-2H3,(H,18,24)/t11-,12-/m0/s1. The van der Waals surface area contributed by atoms with Gasteiger partial charge in [0, 0.05) is 51.5 Å². The number of nitrogens with two attached hydrogens (primary N) is 1. The maximum Gasteiger partial charge on any atom is 0.256 e. The molecule has 1 fully saturated rings. The summed E-state index contributed by atoms with van der Waals surface area (Å²) in [5.74, 6) is 0.0266. The number of carbonyl (C=O) groups excluding carboxylic acids is 1. The van der Waals surface area contributed by atoms with Crippen molar-refractivity contribution in [2.24, 2.45) is 14.1 Å². The van der Waals surface area contributed by atoms with E-state index in [0.717, 1.165) is 5.56 Å². The lowest BCUT2D eigenvalue weighted by atomic mass is 10.2. The van der Waals surface area contributed by atoms with Crippen LogP contribution in [0.25, 0.3) is 0 Å². The molecule has 130 valence electrons. The molecular formula is C15H22FN7O. The maximum absolute atomic E-state index is 13.8. The average molecular weight is 335 g/mol. The summed E-state index contributed by atoms with van der Waals surface area (Å²) in [7, 11) is 3.52. The number of rotatable bonds is 5. The molecule has 3 heterocycles. The molecule has 0 saturated carbocycles. The van der Waals surface area contributed by atoms with E-state index in [-0.39, 0.29) is 11.9 Å². The first-order valence-electron chi connectivity index (χ1n) is 7.85. The maximum atomic E-state index is 13.8. The molecule has 2 aromatic rings. The predicted octanol–water partition coefficient (Wildman–Crippen LogP) is 0.0782. The quantitative estimate of drug-likeness (QED) is 0.807. The van der Waals surface area contributed by atoms with Crippen molar-refractivity contribution in [2.75, 3.05) is 18.8 Å². The number of nitrogens with zero attached hydrogens (tertiary/aromatic N) is 5. The first-order chi connectivity index (χ1) is 11.4. The molecule has 1 aliphatic heterocycles. The van der Waals surface area contributed by atoms with Crippen molar-refractivity contribution < 1.29 is 9.18 Å². The van der Waals surface area contributed by atoms with Crippen molar-refractivity contribution in [3.8, 4) is 0 Å². The Bertz CT molecular complexity index is 725. The highest BCUT2D eigenvalue weighted by molar-refractivity contribution is 5.98. The third-order valence-corrected chi connectivity index (χ3v) is 4.35. The third kappa shape index (κ3) is 3.40. The molecule has 0 spiro atoms. The average Bonchev–Trinajstić information content (AvgIpc) is 3.19. The summed E-state index contributed by atoms with van der Waals surface area (Å²) >= 11 is 0. The van der Waals surface area contributed by atoms with Crippen LogP contribution in [0.15, 0.2) is 18.6 Å². The van der Waals surface area contributed by atoms with Gasteiger partial charge in [0.1, 0.15) is 17.6 Å². The molecule has 3 rings (SSSR count). The lowest BCUT2D eigenvalue weighted by Crippen LogP contribution is -2.39. The van der Waals surface area contributed by atoms with E-state index >= 15 is 0 Å². The zero-order valence-electron chi connectivity index (χ0n) is 13.8. The van der Waals surface area contributed by atoms with Crippen molar-refractivity contribution in [3.05, 3.63) is 29.7 Å². The fourth-order valence-corrected chi connectivity index (χ4v) is 3.04. The highest BCUT2D eigenvalue weighted by Crippen LogP contribution is 2.22. The number of hydrogen-bond donors (Lipinski definition) is 2. The first kappa shape index (κ1) is 16.4. The van der Waals surface area contributed by atoms with E-state index in [9.17, 15) is 9.18 Å². The Labute approximate surface area is 139 Å². The molecule has 9 heteroatoms. The lowest BCUT2D eigenvalue weighted by Gasteiger charge is -2.23. The predicted molar refractivity (Wildman–Crippen MR) is 86.9 cm³/mol. The normalized spacial score (nSPS) is 21.3. The van der Waals surface area contributed by atoms with Crippen LogP contribution in [-0.4, -0.2) is 55.7 Å². The van der Waals surface area contributed by atoms with Gasteiger partial charge in [0.2, 0.25) is 0 Å². The number of halogens is 1. The number of aromatic nitrogens is 4. The minimum absolute atomic E-state index is 0.0537. The van der Waals surface area contributed by atoms with Gasteiger partial charge in [-0.2, -0.15) is 10.2 Å². The minimum atomic E-state index is -0.882. The lowest BCUT2D eigenvalue weighted by molar-refractivity contribution is 0.0940. The summed E-state index contributed by atoms with van der Waals surface area (Å²) in [4.78, 5) is 14.3. The molecule has 0 aliphatic carbocycles. The van der Waals surface area contributed by atoms with Gasteiger partial charge in [0.25, 0.3) is 5.91 Å². The van der Waals surface area contributed by atoms with Crippen LogP contribution >= 0.6 is 0 Å². The molecule has 1 aliphatic rings. The Morgan fingerprint density at radius 1 is 1.42 bits per heavy atom. The fourth-order valence-electron chi connectivity index (χ4n) is 3.04. The number of nitrogens with one attached hydrogen (secondary N) is 1. The summed E-state index contributed by atoms with van der Waals surface area (Å²) in [6, 6.07) is -0.0537. The van der Waals surface area contributed by atoms with Crippen molar-refractivity contribution in [2.45, 2.75) is 25.2 Å². The van der Waals surface area contributed by atoms with Crippen LogP contribution in [0, 0.1) is 0 Å². The van der Waals surface area contributed by atoms with Crippen LogP contribution in [0.4, 0.5) is 10.2 Å². The minimum Gasteiger partial charge on any atom is -0.383 e. The molecule has 1 amide bonds. The summed E-state index contributed by atoms with van der Waals surface area (Å²) in [6.07, 6.45) is 4.65. The van der Waals surface area contributed by atoms with Crippen molar-refractivity contribution in [1.29, 1.82) is 0 Å². The van der Waals surface area contributed by atoms with Crippen LogP contribution < -0.4 is 11.1 Å². The van der Waals surface area contributed by atoms with Crippen LogP contribution in [0.5, 0.6) is 0 Å². The molecular weight excluding hydrogens is 313 g/mol. The van der Waals surface area contributed by atoms with Gasteiger partial charge in [-0.05, 0) is 6.42 Å². The Kier molecular flexibility index (Phi) is 4.52. The van der Waals surface area contributed by atoms with E-state index in [4.69, 9.17) is 5.73 Å². The number of amides is 1. The molecule has 2 atom stereocenters. The second-order valence-electron chi connectivity index (χ2n) is 6.22. The van der Waals surface area contributed by atoms with E-state index in [1.54, 1.807) is 17.9 Å². The number of anilines is 1. The molecule has 0 unspecified atom stereocenters. The van der Waals surface area contributed by atoms with Crippen molar-refractivity contribution in [1.82, 2.24) is 29.8 Å². The molecule has 24 heavy (non-hydrogen) atoms. The number of aryl methyl sites for hydroxylation is 2. The van der Waals surface area contributed by atoms with Gasteiger partial charge in [-0.3, -0.25) is 19.1 Å². The van der Waals surface area contributed by atoms with Crippen LogP contribution in [0.1, 0.15) is 22.3 Å². The van der Waals surface area contributed by atoms with Crippen LogP contribution in [0.3, 0.4) is 0 Å². The van der Waals surface area contributed by atoms with Gasteiger partial charge in [0.05, 0.1) is 12.4 Å². The Morgan fingerprint density at radius 3 is 2.83 bits per heavy atom. The highest BCUT2D eigenvalue weighted by Gasteiger charge is 2.32. The highest BCUT2D eigenvalue weighted by atomic mass is 19.1. The van der Waals surface area contributed by atoms with Crippen LogP contribution in [0.2, 0.25) is 0 Å². The van der Waals surface area contributed by atoms with Gasteiger partial charge in [-0.1, -0.05) is 0 Å². The summed E-state index contributed by atoms with van der Waals surface area (Å²) in [5.41, 5.74) is 7.17. The van der Waals surface area contributed by atoms with E-state index < -0.39 is 6.17 Å². The molecule has 8 nitrogen and oxygen atoms in total. The Hall–Kier alpha value is -2.42. The van der Waals surface area contributed by atoms with Gasteiger partial charge in [-0.25, -0.2) is 4.39 Å². The number of carbonyl (C=O) groups is 1. The van der Waals surface area contributed by atoms with Gasteiger partial charge < -0.3 is 11.1 Å². The Balaban J connectivity index is 1.60. The largest absolute Gasteiger partial charge is 0.383 e. The molecule has 0 aromatic carbocycles. The SMILES string of the molecule is Cn1cc(CN2C[C@@H](F)C[C@H]2CNC(=O)c2cnn(C)c2N)cn1.